The Kier molecular flexibility index (Phi) is 8.55. The van der Waals surface area contributed by atoms with Crippen molar-refractivity contribution in [2.24, 2.45) is 0 Å². The van der Waals surface area contributed by atoms with Crippen LogP contribution >= 0.6 is 35.1 Å². The summed E-state index contributed by atoms with van der Waals surface area (Å²) in [5.41, 5.74) is 6.04. The second-order valence-corrected chi connectivity index (χ2v) is 10.5. The molecule has 1 heterocycles. The van der Waals surface area contributed by atoms with Gasteiger partial charge in [-0.15, -0.1) is 11.8 Å². The lowest BCUT2D eigenvalue weighted by Gasteiger charge is -2.11. The molecule has 2 N–H and O–H groups in total. The monoisotopic (exact) mass is 496 g/mol. The van der Waals surface area contributed by atoms with Crippen LogP contribution in [0.15, 0.2) is 45.6 Å². The number of nitrogens with zero attached hydrogens (tertiary/aromatic N) is 2. The van der Waals surface area contributed by atoms with Gasteiger partial charge in [-0.25, -0.2) is 0 Å². The number of aromatic nitrogens is 1. The molecule has 0 fully saturated rings. The number of anilines is 2. The van der Waals surface area contributed by atoms with Gasteiger partial charge in [0.2, 0.25) is 11.8 Å². The lowest BCUT2D eigenvalue weighted by Crippen LogP contribution is -2.16. The first-order valence-corrected chi connectivity index (χ1v) is 12.9. The smallest absolute Gasteiger partial charge is 0.234 e. The lowest BCUT2D eigenvalue weighted by molar-refractivity contribution is -0.114. The van der Waals surface area contributed by atoms with Gasteiger partial charge in [-0.2, -0.15) is 9.64 Å². The fraction of sp³-hybridized carbons (Fsp3) is 0.250. The predicted molar refractivity (Wildman–Crippen MR) is 137 cm³/mol. The molecule has 0 radical (unpaired) electrons. The zero-order chi connectivity index (χ0) is 24.0. The number of hydrogen-bond acceptors (Lipinski definition) is 7. The minimum absolute atomic E-state index is 0.142. The zero-order valence-corrected chi connectivity index (χ0v) is 21.3. The Hall–Kier alpha value is -2.80. The van der Waals surface area contributed by atoms with Crippen LogP contribution in [-0.2, 0) is 9.59 Å². The first-order chi connectivity index (χ1) is 15.8. The van der Waals surface area contributed by atoms with Crippen molar-refractivity contribution in [2.75, 3.05) is 22.1 Å². The highest BCUT2D eigenvalue weighted by molar-refractivity contribution is 8.02. The molecular formula is C24H24N4O2S3. The van der Waals surface area contributed by atoms with Crippen LogP contribution in [0.1, 0.15) is 27.8 Å². The maximum atomic E-state index is 12.5. The highest BCUT2D eigenvalue weighted by atomic mass is 32.2. The summed E-state index contributed by atoms with van der Waals surface area (Å²) in [5.74, 6) is 0.0128. The summed E-state index contributed by atoms with van der Waals surface area (Å²) in [7, 11) is 0. The van der Waals surface area contributed by atoms with Gasteiger partial charge < -0.3 is 10.6 Å². The lowest BCUT2D eigenvalue weighted by atomic mass is 10.1. The normalized spacial score (nSPS) is 10.5. The average molecular weight is 497 g/mol. The number of carbonyl (C=O) groups excluding carboxylic acids is 2. The maximum absolute atomic E-state index is 12.5. The van der Waals surface area contributed by atoms with E-state index in [9.17, 15) is 14.9 Å². The Bertz CT molecular complexity index is 1100. The van der Waals surface area contributed by atoms with Gasteiger partial charge in [0.1, 0.15) is 20.9 Å². The summed E-state index contributed by atoms with van der Waals surface area (Å²) in [6.45, 7) is 7.80. The Balaban J connectivity index is 1.58. The van der Waals surface area contributed by atoms with Crippen LogP contribution in [0.3, 0.4) is 0 Å². The molecule has 9 heteroatoms. The van der Waals surface area contributed by atoms with E-state index in [1.807, 2.05) is 64.1 Å². The molecule has 2 aromatic carbocycles. The van der Waals surface area contributed by atoms with Gasteiger partial charge in [-0.05, 0) is 61.5 Å². The number of thioether (sulfide) groups is 2. The standard InChI is InChI=1S/C24H24N4O2S3/c1-14-7-5-8-15(2)21(14)26-19(29)12-31-23-18(11-25)24(33-28-23)32-13-20(30)27-22-16(3)9-6-10-17(22)4/h5-10H,12-13H2,1-4H3,(H,26,29)(H,27,30). The molecule has 2 amide bonds. The van der Waals surface area contributed by atoms with Crippen LogP contribution in [0.4, 0.5) is 11.4 Å². The van der Waals surface area contributed by atoms with Gasteiger partial charge in [0.15, 0.2) is 0 Å². The molecule has 6 nitrogen and oxygen atoms in total. The first kappa shape index (κ1) is 24.8. The molecule has 170 valence electrons. The molecule has 3 aromatic rings. The summed E-state index contributed by atoms with van der Waals surface area (Å²) >= 11 is 3.68. The molecule has 0 spiro atoms. The van der Waals surface area contributed by atoms with E-state index in [0.717, 1.165) is 33.6 Å². The summed E-state index contributed by atoms with van der Waals surface area (Å²) in [5, 5.41) is 16.0. The summed E-state index contributed by atoms with van der Waals surface area (Å²) < 4.78 is 5.01. The fourth-order valence-corrected chi connectivity index (χ4v) is 5.89. The van der Waals surface area contributed by atoms with Gasteiger partial charge in [0.25, 0.3) is 0 Å². The van der Waals surface area contributed by atoms with Gasteiger partial charge in [-0.3, -0.25) is 9.59 Å². The minimum atomic E-state index is -0.156. The SMILES string of the molecule is Cc1cccc(C)c1NC(=O)CSc1nsc(SCC(=O)Nc2c(C)cccc2C)c1C#N. The second-order valence-electron chi connectivity index (χ2n) is 7.47. The number of carbonyl (C=O) groups is 2. The molecule has 1 aromatic heterocycles. The average Bonchev–Trinajstić information content (AvgIpc) is 3.18. The van der Waals surface area contributed by atoms with Gasteiger partial charge >= 0.3 is 0 Å². The van der Waals surface area contributed by atoms with Crippen molar-refractivity contribution in [2.45, 2.75) is 36.9 Å². The third kappa shape index (κ3) is 6.38. The minimum Gasteiger partial charge on any atom is -0.325 e. The van der Waals surface area contributed by atoms with Crippen LogP contribution in [0, 0.1) is 39.0 Å². The van der Waals surface area contributed by atoms with E-state index >= 15 is 0 Å². The number of nitriles is 1. The van der Waals surface area contributed by atoms with Crippen molar-refractivity contribution in [3.8, 4) is 6.07 Å². The third-order valence-electron chi connectivity index (χ3n) is 4.91. The fourth-order valence-electron chi connectivity index (χ4n) is 3.19. The van der Waals surface area contributed by atoms with Crippen LogP contribution in [0.25, 0.3) is 0 Å². The highest BCUT2D eigenvalue weighted by Gasteiger charge is 2.18. The van der Waals surface area contributed by atoms with E-state index in [2.05, 4.69) is 21.1 Å². The van der Waals surface area contributed by atoms with Crippen molar-refractivity contribution in [1.29, 1.82) is 5.26 Å². The van der Waals surface area contributed by atoms with E-state index < -0.39 is 0 Å². The summed E-state index contributed by atoms with van der Waals surface area (Å²) in [6, 6.07) is 13.9. The molecule has 0 atom stereocenters. The molecule has 0 aliphatic rings. The molecule has 0 saturated heterocycles. The third-order valence-corrected chi connectivity index (χ3v) is 8.09. The zero-order valence-electron chi connectivity index (χ0n) is 18.8. The number of nitrogens with one attached hydrogen (secondary N) is 2. The maximum Gasteiger partial charge on any atom is 0.234 e. The molecule has 0 unspecified atom stereocenters. The summed E-state index contributed by atoms with van der Waals surface area (Å²) in [4.78, 5) is 24.9. The Morgan fingerprint density at radius 1 is 0.879 bits per heavy atom. The quantitative estimate of drug-likeness (QED) is 0.388. The Morgan fingerprint density at radius 3 is 1.79 bits per heavy atom. The molecule has 3 rings (SSSR count). The molecule has 0 aliphatic heterocycles. The first-order valence-electron chi connectivity index (χ1n) is 10.2. The van der Waals surface area contributed by atoms with Crippen molar-refractivity contribution in [3.63, 3.8) is 0 Å². The molecular weight excluding hydrogens is 472 g/mol. The summed E-state index contributed by atoms with van der Waals surface area (Å²) in [6.07, 6.45) is 0. The second kappa shape index (κ2) is 11.4. The number of amides is 2. The van der Waals surface area contributed by atoms with E-state index in [1.54, 1.807) is 0 Å². The van der Waals surface area contributed by atoms with Crippen LogP contribution in [0.5, 0.6) is 0 Å². The number of rotatable bonds is 8. The van der Waals surface area contributed by atoms with Crippen molar-refractivity contribution >= 4 is 58.2 Å². The Labute approximate surface area is 206 Å². The van der Waals surface area contributed by atoms with Crippen LogP contribution in [0.2, 0.25) is 0 Å². The van der Waals surface area contributed by atoms with Crippen molar-refractivity contribution in [1.82, 2.24) is 4.37 Å². The topological polar surface area (TPSA) is 94.9 Å². The number of hydrogen-bond donors (Lipinski definition) is 2. The molecule has 0 bridgehead atoms. The van der Waals surface area contributed by atoms with Gasteiger partial charge in [0, 0.05) is 11.4 Å². The van der Waals surface area contributed by atoms with E-state index in [4.69, 9.17) is 0 Å². The van der Waals surface area contributed by atoms with E-state index in [-0.39, 0.29) is 23.3 Å². The number of benzene rings is 2. The number of aryl methyl sites for hydroxylation is 4. The predicted octanol–water partition coefficient (Wildman–Crippen LogP) is 5.71. The van der Waals surface area contributed by atoms with E-state index in [0.29, 0.717) is 14.8 Å². The largest absolute Gasteiger partial charge is 0.325 e. The number of para-hydroxylation sites is 2. The molecule has 33 heavy (non-hydrogen) atoms. The van der Waals surface area contributed by atoms with Crippen LogP contribution < -0.4 is 10.6 Å². The Morgan fingerprint density at radius 2 is 1.33 bits per heavy atom. The van der Waals surface area contributed by atoms with Crippen molar-refractivity contribution < 1.29 is 9.59 Å². The van der Waals surface area contributed by atoms with Crippen molar-refractivity contribution in [3.05, 3.63) is 64.2 Å². The van der Waals surface area contributed by atoms with Gasteiger partial charge in [-0.1, -0.05) is 48.2 Å². The van der Waals surface area contributed by atoms with Crippen LogP contribution in [-0.4, -0.2) is 27.7 Å². The van der Waals surface area contributed by atoms with Gasteiger partial charge in [0.05, 0.1) is 11.5 Å². The highest BCUT2D eigenvalue weighted by Crippen LogP contribution is 2.34. The van der Waals surface area contributed by atoms with E-state index in [1.165, 1.54) is 35.1 Å². The molecule has 0 saturated carbocycles. The molecule has 0 aliphatic carbocycles.